The number of hydrogen-bond acceptors (Lipinski definition) is 1. The summed E-state index contributed by atoms with van der Waals surface area (Å²) in [7, 11) is -10.7. The summed E-state index contributed by atoms with van der Waals surface area (Å²) in [6, 6.07) is 8.70. The largest absolute Gasteiger partial charge is 1.00 e. The number of nitrogens with zero attached hydrogens (tertiary/aromatic N) is 1. The van der Waals surface area contributed by atoms with Gasteiger partial charge in [0.05, 0.1) is 0 Å². The van der Waals surface area contributed by atoms with Gasteiger partial charge in [0.15, 0.2) is 0 Å². The number of rotatable bonds is 1. The van der Waals surface area contributed by atoms with Crippen LogP contribution in [0.4, 0.5) is 30.9 Å². The molecule has 4 rings (SSSR count). The van der Waals surface area contributed by atoms with E-state index in [9.17, 15) is 25.2 Å². The van der Waals surface area contributed by atoms with Gasteiger partial charge < -0.3 is 9.88 Å². The Kier molecular flexibility index (Phi) is 7.94. The molecule has 2 aromatic rings. The number of hydrogen-bond donors (Lipinski definition) is 1. The predicted octanol–water partition coefficient (Wildman–Crippen LogP) is 7.85. The van der Waals surface area contributed by atoms with Gasteiger partial charge in [-0.2, -0.15) is 0 Å². The summed E-state index contributed by atoms with van der Waals surface area (Å²) < 4.78 is 59.2. The summed E-state index contributed by atoms with van der Waals surface area (Å²) in [6.45, 7) is 2.43. The first kappa shape index (κ1) is 24.7. The molecule has 0 saturated carbocycles. The van der Waals surface area contributed by atoms with Crippen LogP contribution in [0.5, 0.6) is 0 Å². The van der Waals surface area contributed by atoms with E-state index in [1.54, 1.807) is 0 Å². The van der Waals surface area contributed by atoms with Gasteiger partial charge in [0.2, 0.25) is 0 Å². The number of allylic oxidation sites excluding steroid dienone is 4. The average molecular weight is 511 g/mol. The first-order chi connectivity index (χ1) is 12.4. The summed E-state index contributed by atoms with van der Waals surface area (Å²) >= 11 is 0. The van der Waals surface area contributed by atoms with Crippen molar-refractivity contribution < 1.29 is 44.7 Å². The van der Waals surface area contributed by atoms with Crippen molar-refractivity contribution in [3.8, 4) is 0 Å². The Labute approximate surface area is 172 Å². The van der Waals surface area contributed by atoms with Crippen LogP contribution in [0.3, 0.4) is 0 Å². The first-order valence-electron chi connectivity index (χ1n) is 8.44. The van der Waals surface area contributed by atoms with Crippen LogP contribution < -0.4 is 4.90 Å². The Bertz CT molecular complexity index is 787. The molecule has 1 N–H and O–H groups in total. The molecule has 2 nitrogen and oxygen atoms in total. The average Bonchev–Trinajstić information content (AvgIpc) is 3.26. The van der Waals surface area contributed by atoms with Crippen LogP contribution in [0, 0.1) is 6.42 Å². The third kappa shape index (κ3) is 10.9. The fraction of sp³-hybridized carbons (Fsp3) is 0.278. The molecule has 28 heavy (non-hydrogen) atoms. The van der Waals surface area contributed by atoms with Crippen LogP contribution in [-0.4, -0.2) is 18.1 Å². The van der Waals surface area contributed by atoms with Gasteiger partial charge in [-0.3, -0.25) is 0 Å². The van der Waals surface area contributed by atoms with Gasteiger partial charge in [-0.25, -0.2) is 0 Å². The van der Waals surface area contributed by atoms with Crippen molar-refractivity contribution in [1.82, 2.24) is 4.98 Å². The third-order valence-electron chi connectivity index (χ3n) is 3.82. The van der Waals surface area contributed by atoms with Gasteiger partial charge in [-0.1, -0.05) is 30.4 Å². The van der Waals surface area contributed by atoms with Crippen molar-refractivity contribution in [3.05, 3.63) is 61.2 Å². The number of benzene rings is 1. The van der Waals surface area contributed by atoms with E-state index < -0.39 is 7.81 Å². The number of anilines is 1. The van der Waals surface area contributed by atoms with Crippen LogP contribution in [0.1, 0.15) is 19.3 Å². The Balaban J connectivity index is 0.000000254. The summed E-state index contributed by atoms with van der Waals surface area (Å²) in [4.78, 5) is 5.79. The van der Waals surface area contributed by atoms with E-state index in [2.05, 4.69) is 34.1 Å². The second kappa shape index (κ2) is 9.00. The third-order valence-corrected chi connectivity index (χ3v) is 3.82. The van der Waals surface area contributed by atoms with Crippen LogP contribution in [0.25, 0.3) is 10.9 Å². The van der Waals surface area contributed by atoms with Crippen molar-refractivity contribution in [2.75, 3.05) is 18.0 Å². The van der Waals surface area contributed by atoms with Gasteiger partial charge in [0, 0.05) is 42.3 Å². The molecule has 1 aromatic heterocycles. The normalized spacial score (nSPS) is 18.1. The van der Waals surface area contributed by atoms with E-state index in [-0.39, 0.29) is 19.5 Å². The molecule has 0 unspecified atom stereocenters. The van der Waals surface area contributed by atoms with E-state index in [4.69, 9.17) is 0 Å². The quantitative estimate of drug-likeness (QED) is 0.235. The minimum absolute atomic E-state index is 0. The zero-order valence-electron chi connectivity index (χ0n) is 14.8. The number of piperidine rings is 1. The topological polar surface area (TPSA) is 19.0 Å². The zero-order chi connectivity index (χ0) is 20.0. The molecule has 10 heteroatoms. The maximum absolute atomic E-state index is 10.7. The smallest absolute Gasteiger partial charge is 0.371 e. The SMILES string of the molecule is F[P-](F)(F)(F)(F)F.[CH]1C=CC=C1.[Ru+].c1cc(N2CCCCC2)c2cc[nH]c2c1. The Morgan fingerprint density at radius 1 is 0.786 bits per heavy atom. The first-order valence-corrected chi connectivity index (χ1v) is 10.5. The molecule has 0 atom stereocenters. The van der Waals surface area contributed by atoms with E-state index in [0.717, 1.165) is 0 Å². The summed E-state index contributed by atoms with van der Waals surface area (Å²) in [5, 5.41) is 1.36. The molecular formula is C18H21F6N2PRu. The fourth-order valence-electron chi connectivity index (χ4n) is 2.80. The molecule has 158 valence electrons. The number of H-pyrrole nitrogens is 1. The van der Waals surface area contributed by atoms with Crippen LogP contribution in [0.2, 0.25) is 0 Å². The molecular weight excluding hydrogens is 490 g/mol. The molecule has 1 aliphatic heterocycles. The van der Waals surface area contributed by atoms with E-state index in [1.165, 1.54) is 48.9 Å². The molecule has 1 fully saturated rings. The van der Waals surface area contributed by atoms with E-state index in [1.807, 2.05) is 36.9 Å². The molecule has 1 aliphatic carbocycles. The maximum atomic E-state index is 9.87. The number of aromatic amines is 1. The van der Waals surface area contributed by atoms with Gasteiger partial charge >= 0.3 is 52.5 Å². The van der Waals surface area contributed by atoms with Gasteiger partial charge in [-0.05, 0) is 37.5 Å². The molecule has 0 amide bonds. The van der Waals surface area contributed by atoms with Crippen molar-refractivity contribution in [2.45, 2.75) is 19.3 Å². The number of fused-ring (bicyclic) bond motifs is 1. The zero-order valence-corrected chi connectivity index (χ0v) is 17.5. The van der Waals surface area contributed by atoms with E-state index >= 15 is 0 Å². The monoisotopic (exact) mass is 512 g/mol. The molecule has 1 aromatic carbocycles. The van der Waals surface area contributed by atoms with Crippen molar-refractivity contribution >= 4 is 24.4 Å². The second-order valence-electron chi connectivity index (χ2n) is 6.18. The molecule has 2 aliphatic rings. The Hall–Kier alpha value is -1.33. The molecule has 0 bridgehead atoms. The predicted molar refractivity (Wildman–Crippen MR) is 101 cm³/mol. The molecule has 2 radical (unpaired) electrons. The number of nitrogens with one attached hydrogen (secondary N) is 1. The Morgan fingerprint density at radius 3 is 1.86 bits per heavy atom. The van der Waals surface area contributed by atoms with Crippen LogP contribution in [-0.2, 0) is 19.5 Å². The minimum Gasteiger partial charge on any atom is -0.371 e. The van der Waals surface area contributed by atoms with Gasteiger partial charge in [-0.15, -0.1) is 0 Å². The minimum atomic E-state index is -10.7. The molecule has 0 spiro atoms. The van der Waals surface area contributed by atoms with E-state index in [0.29, 0.717) is 0 Å². The van der Waals surface area contributed by atoms with Crippen molar-refractivity contribution in [1.29, 1.82) is 0 Å². The maximum Gasteiger partial charge on any atom is 1.00 e. The van der Waals surface area contributed by atoms with Gasteiger partial charge in [0.25, 0.3) is 0 Å². The summed E-state index contributed by atoms with van der Waals surface area (Å²) in [5.74, 6) is 0. The van der Waals surface area contributed by atoms with Crippen LogP contribution in [0.15, 0.2) is 54.8 Å². The summed E-state index contributed by atoms with van der Waals surface area (Å²) in [6.07, 6.45) is 16.1. The van der Waals surface area contributed by atoms with Gasteiger partial charge in [0.1, 0.15) is 0 Å². The standard InChI is InChI=1S/C13H16N2.C5H5.F6P.Ru/c1-2-9-15(10-3-1)13-6-4-5-12-11(13)7-8-14-12;1-2-4-5-3-1;1-7(2,3,4,5)6;/h4-8,14H,1-3,9-10H2;1-5H;;/q;;-1;+1. The number of aromatic nitrogens is 1. The Morgan fingerprint density at radius 2 is 1.36 bits per heavy atom. The molecule has 2 heterocycles. The molecule has 1 saturated heterocycles. The second-order valence-corrected chi connectivity index (χ2v) is 8.10. The van der Waals surface area contributed by atoms with Crippen molar-refractivity contribution in [3.63, 3.8) is 0 Å². The van der Waals surface area contributed by atoms with Crippen molar-refractivity contribution in [2.24, 2.45) is 0 Å². The fourth-order valence-corrected chi connectivity index (χ4v) is 2.80. The number of halogens is 6. The summed E-state index contributed by atoms with van der Waals surface area (Å²) in [5.41, 5.74) is 2.64. The van der Waals surface area contributed by atoms with Crippen LogP contribution >= 0.6 is 7.81 Å².